The van der Waals surface area contributed by atoms with E-state index in [9.17, 15) is 18.0 Å². The minimum atomic E-state index is -6.09. The summed E-state index contributed by atoms with van der Waals surface area (Å²) in [5.41, 5.74) is -3.86. The van der Waals surface area contributed by atoms with Gasteiger partial charge in [-0.1, -0.05) is 12.1 Å². The minimum Gasteiger partial charge on any atom is -0.741 e. The Balaban J connectivity index is 0.000000660. The first-order valence-corrected chi connectivity index (χ1v) is 8.89. The summed E-state index contributed by atoms with van der Waals surface area (Å²) in [4.78, 5) is 11.7. The van der Waals surface area contributed by atoms with Crippen molar-refractivity contribution in [3.8, 4) is 0 Å². The molecule has 0 radical (unpaired) electrons. The van der Waals surface area contributed by atoms with Gasteiger partial charge in [-0.2, -0.15) is 13.2 Å². The summed E-state index contributed by atoms with van der Waals surface area (Å²) in [5.74, 6) is -0.180. The Labute approximate surface area is 151 Å². The van der Waals surface area contributed by atoms with E-state index in [-0.39, 0.29) is 5.97 Å². The van der Waals surface area contributed by atoms with Gasteiger partial charge in [0.25, 0.3) is 0 Å². The zero-order valence-electron chi connectivity index (χ0n) is 15.5. The summed E-state index contributed by atoms with van der Waals surface area (Å²) < 4.78 is 65.0. The number of hydrogen-bond donors (Lipinski definition) is 0. The third-order valence-corrected chi connectivity index (χ3v) is 3.33. The maximum atomic E-state index is 11.7. The molecule has 0 amide bonds. The molecule has 0 spiro atoms. The molecule has 10 heteroatoms. The van der Waals surface area contributed by atoms with Crippen molar-refractivity contribution in [1.29, 1.82) is 0 Å². The van der Waals surface area contributed by atoms with Crippen molar-refractivity contribution < 1.29 is 35.7 Å². The number of quaternary nitrogens is 1. The highest BCUT2D eigenvalue weighted by Gasteiger charge is 2.36. The summed E-state index contributed by atoms with van der Waals surface area (Å²) in [6, 6.07) is 8.09. The Kier molecular flexibility index (Phi) is 7.83. The lowest BCUT2D eigenvalue weighted by Gasteiger charge is -2.23. The Hall–Kier alpha value is -1.65. The fourth-order valence-electron chi connectivity index (χ4n) is 1.61. The van der Waals surface area contributed by atoms with Crippen molar-refractivity contribution in [3.05, 3.63) is 29.8 Å². The van der Waals surface area contributed by atoms with Crippen LogP contribution in [0.3, 0.4) is 0 Å². The number of hydrogen-bond acceptors (Lipinski definition) is 5. The van der Waals surface area contributed by atoms with Gasteiger partial charge in [-0.05, 0) is 38.5 Å². The zero-order chi connectivity index (χ0) is 21.0. The van der Waals surface area contributed by atoms with Crippen LogP contribution in [0.25, 0.3) is 0 Å². The van der Waals surface area contributed by atoms with Crippen molar-refractivity contribution in [3.63, 3.8) is 0 Å². The Morgan fingerprint density at radius 3 is 1.73 bits per heavy atom. The molecule has 0 bridgehead atoms. The number of rotatable bonds is 3. The zero-order valence-corrected chi connectivity index (χ0v) is 16.4. The summed E-state index contributed by atoms with van der Waals surface area (Å²) in [6.07, 6.45) is 0.328. The summed E-state index contributed by atoms with van der Waals surface area (Å²) in [6.45, 7) is 5.64. The summed E-state index contributed by atoms with van der Waals surface area (Å²) in [5, 5.41) is 0. The molecule has 0 aliphatic heterocycles. The summed E-state index contributed by atoms with van der Waals surface area (Å²) in [7, 11) is 0.252. The van der Waals surface area contributed by atoms with Gasteiger partial charge < -0.3 is 9.29 Å². The first-order chi connectivity index (χ1) is 11.3. The maximum Gasteiger partial charge on any atom is 0.485 e. The van der Waals surface area contributed by atoms with E-state index in [0.717, 1.165) is 10.0 Å². The van der Waals surface area contributed by atoms with E-state index in [0.29, 0.717) is 6.42 Å². The highest BCUT2D eigenvalue weighted by atomic mass is 32.2. The first-order valence-electron chi connectivity index (χ1n) is 7.48. The van der Waals surface area contributed by atoms with Gasteiger partial charge in [0.1, 0.15) is 11.3 Å². The lowest BCUT2D eigenvalue weighted by Crippen LogP contribution is -2.34. The quantitative estimate of drug-likeness (QED) is 0.338. The van der Waals surface area contributed by atoms with Crippen LogP contribution in [0.15, 0.2) is 24.3 Å². The largest absolute Gasteiger partial charge is 0.741 e. The van der Waals surface area contributed by atoms with Gasteiger partial charge in [0.05, 0.1) is 27.6 Å². The topological polar surface area (TPSA) is 83.5 Å². The van der Waals surface area contributed by atoms with E-state index in [1.54, 1.807) is 0 Å². The van der Waals surface area contributed by atoms with E-state index in [2.05, 4.69) is 33.3 Å². The fourth-order valence-corrected chi connectivity index (χ4v) is 1.61. The number of esters is 1. The van der Waals surface area contributed by atoms with Crippen molar-refractivity contribution >= 4 is 21.8 Å². The van der Waals surface area contributed by atoms with Crippen LogP contribution < -0.4 is 4.48 Å². The molecule has 0 heterocycles. The molecular formula is C16H24F3NO5S. The lowest BCUT2D eigenvalue weighted by molar-refractivity contribution is -0.153. The molecule has 0 saturated heterocycles. The third kappa shape index (κ3) is 9.73. The van der Waals surface area contributed by atoms with E-state index >= 15 is 0 Å². The van der Waals surface area contributed by atoms with Crippen LogP contribution in [0, 0.1) is 0 Å². The second-order valence-electron chi connectivity index (χ2n) is 7.34. The number of carbonyl (C=O) groups excluding carboxylic acids is 1. The molecule has 1 rings (SSSR count). The van der Waals surface area contributed by atoms with Gasteiger partial charge in [-0.25, -0.2) is 8.42 Å². The first kappa shape index (κ1) is 24.4. The summed E-state index contributed by atoms with van der Waals surface area (Å²) >= 11 is 0. The predicted octanol–water partition coefficient (Wildman–Crippen LogP) is 2.82. The van der Waals surface area contributed by atoms with Crippen LogP contribution in [0.4, 0.5) is 18.9 Å². The van der Waals surface area contributed by atoms with Crippen molar-refractivity contribution in [2.45, 2.75) is 38.3 Å². The molecule has 0 aromatic heterocycles. The number of nitrogens with zero attached hydrogens (tertiary/aromatic N) is 1. The van der Waals surface area contributed by atoms with E-state index in [1.165, 1.54) is 5.69 Å². The molecule has 0 saturated carbocycles. The lowest BCUT2D eigenvalue weighted by atomic mass is 10.1. The Morgan fingerprint density at radius 1 is 1.08 bits per heavy atom. The maximum absolute atomic E-state index is 11.7. The number of carbonyl (C=O) groups is 1. The Bertz CT molecular complexity index is 699. The van der Waals surface area contributed by atoms with Crippen molar-refractivity contribution in [2.75, 3.05) is 21.1 Å². The standard InChI is InChI=1S/C15H24NO2.CHF3O3S/c1-15(2,3)18-14(17)11-12-7-9-13(10-8-12)16(4,5)6;2-1(3,4)8(5,6)7/h7-10H,11H2,1-6H3;(H,5,6,7)/q+1;/p-1. The molecule has 26 heavy (non-hydrogen) atoms. The second kappa shape index (κ2) is 8.36. The van der Waals surface area contributed by atoms with Gasteiger partial charge in [0.2, 0.25) is 0 Å². The van der Waals surface area contributed by atoms with E-state index in [4.69, 9.17) is 17.7 Å². The molecule has 150 valence electrons. The van der Waals surface area contributed by atoms with Gasteiger partial charge >= 0.3 is 11.5 Å². The molecule has 0 atom stereocenters. The fraction of sp³-hybridized carbons (Fsp3) is 0.562. The smallest absolute Gasteiger partial charge is 0.485 e. The molecule has 0 fully saturated rings. The SMILES string of the molecule is CC(C)(C)OC(=O)Cc1ccc([N+](C)(C)C)cc1.O=S(=O)([O-])C(F)(F)F. The number of benzene rings is 1. The molecular weight excluding hydrogens is 375 g/mol. The van der Waals surface area contributed by atoms with Crippen LogP contribution in [-0.4, -0.2) is 51.2 Å². The molecule has 1 aromatic carbocycles. The molecule has 1 aromatic rings. The third-order valence-electron chi connectivity index (χ3n) is 2.76. The second-order valence-corrected chi connectivity index (χ2v) is 8.71. The van der Waals surface area contributed by atoms with Gasteiger partial charge in [0.15, 0.2) is 10.1 Å². The van der Waals surface area contributed by atoms with E-state index in [1.807, 2.05) is 32.9 Å². The van der Waals surface area contributed by atoms with Gasteiger partial charge in [-0.3, -0.25) is 9.28 Å². The van der Waals surface area contributed by atoms with Crippen LogP contribution in [0.1, 0.15) is 26.3 Å². The average molecular weight is 399 g/mol. The van der Waals surface area contributed by atoms with Crippen molar-refractivity contribution in [1.82, 2.24) is 4.48 Å². The molecule has 0 aliphatic rings. The highest BCUT2D eigenvalue weighted by Crippen LogP contribution is 2.20. The van der Waals surface area contributed by atoms with Gasteiger partial charge in [0, 0.05) is 0 Å². The molecule has 0 N–H and O–H groups in total. The minimum absolute atomic E-state index is 0.180. The van der Waals surface area contributed by atoms with E-state index < -0.39 is 21.2 Å². The number of halogens is 3. The molecule has 0 unspecified atom stereocenters. The number of alkyl halides is 3. The molecule has 6 nitrogen and oxygen atoms in total. The highest BCUT2D eigenvalue weighted by molar-refractivity contribution is 7.86. The normalized spacial score (nSPS) is 12.8. The van der Waals surface area contributed by atoms with Gasteiger partial charge in [-0.15, -0.1) is 0 Å². The monoisotopic (exact) mass is 399 g/mol. The van der Waals surface area contributed by atoms with Crippen LogP contribution in [-0.2, 0) is 26.1 Å². The van der Waals surface area contributed by atoms with Crippen molar-refractivity contribution in [2.24, 2.45) is 0 Å². The van der Waals surface area contributed by atoms with Crippen LogP contribution >= 0.6 is 0 Å². The van der Waals surface area contributed by atoms with Crippen LogP contribution in [0.2, 0.25) is 0 Å². The number of ether oxygens (including phenoxy) is 1. The predicted molar refractivity (Wildman–Crippen MR) is 91.3 cm³/mol. The van der Waals surface area contributed by atoms with Crippen LogP contribution in [0.5, 0.6) is 0 Å². The average Bonchev–Trinajstić information content (AvgIpc) is 2.33. The molecule has 0 aliphatic carbocycles. The Morgan fingerprint density at radius 2 is 1.46 bits per heavy atom.